The minimum atomic E-state index is 0.434. The van der Waals surface area contributed by atoms with Crippen LogP contribution >= 0.6 is 12.0 Å². The van der Waals surface area contributed by atoms with Crippen LogP contribution in [0.2, 0.25) is 0 Å². The highest BCUT2D eigenvalue weighted by atomic mass is 32.2. The summed E-state index contributed by atoms with van der Waals surface area (Å²) in [6.45, 7) is 7.75. The van der Waals surface area contributed by atoms with Crippen molar-refractivity contribution in [3.8, 4) is 0 Å². The van der Waals surface area contributed by atoms with E-state index in [9.17, 15) is 0 Å². The van der Waals surface area contributed by atoms with Gasteiger partial charge in [-0.25, -0.2) is 0 Å². The maximum atomic E-state index is 5.20. The van der Waals surface area contributed by atoms with E-state index in [-0.39, 0.29) is 0 Å². The molecule has 0 saturated carbocycles. The van der Waals surface area contributed by atoms with Gasteiger partial charge >= 0.3 is 0 Å². The lowest BCUT2D eigenvalue weighted by atomic mass is 9.83. The van der Waals surface area contributed by atoms with Crippen molar-refractivity contribution in [2.75, 3.05) is 12.4 Å². The van der Waals surface area contributed by atoms with Gasteiger partial charge in [-0.15, -0.1) is 0 Å². The Bertz CT molecular complexity index is 89.6. The van der Waals surface area contributed by atoms with Gasteiger partial charge in [-0.05, 0) is 23.4 Å². The standard InChI is InChI=1S/C7H14OS/c1-7(2,3)6-4-8-9-5-6/h6H,4-5H2,1-3H3. The van der Waals surface area contributed by atoms with Crippen molar-refractivity contribution in [2.24, 2.45) is 11.3 Å². The van der Waals surface area contributed by atoms with Crippen LogP contribution < -0.4 is 0 Å². The van der Waals surface area contributed by atoms with Crippen molar-refractivity contribution in [3.05, 3.63) is 0 Å². The van der Waals surface area contributed by atoms with Crippen LogP contribution in [0.5, 0.6) is 0 Å². The highest BCUT2D eigenvalue weighted by Crippen LogP contribution is 2.34. The van der Waals surface area contributed by atoms with E-state index >= 15 is 0 Å². The smallest absolute Gasteiger partial charge is 0.0655 e. The Morgan fingerprint density at radius 2 is 2.11 bits per heavy atom. The summed E-state index contributed by atoms with van der Waals surface area (Å²) in [5, 5.41) is 0. The second kappa shape index (κ2) is 2.51. The first-order valence-electron chi connectivity index (χ1n) is 3.35. The molecule has 0 radical (unpaired) electrons. The highest BCUT2D eigenvalue weighted by Gasteiger charge is 2.28. The molecule has 0 N–H and O–H groups in total. The summed E-state index contributed by atoms with van der Waals surface area (Å²) in [7, 11) is 0. The summed E-state index contributed by atoms with van der Waals surface area (Å²) in [6, 6.07) is 0. The van der Waals surface area contributed by atoms with Gasteiger partial charge in [-0.1, -0.05) is 20.8 Å². The highest BCUT2D eigenvalue weighted by molar-refractivity contribution is 7.94. The van der Waals surface area contributed by atoms with Crippen molar-refractivity contribution in [1.29, 1.82) is 0 Å². The molecular weight excluding hydrogens is 132 g/mol. The minimum absolute atomic E-state index is 0.434. The summed E-state index contributed by atoms with van der Waals surface area (Å²) in [6.07, 6.45) is 0. The summed E-state index contributed by atoms with van der Waals surface area (Å²) < 4.78 is 5.20. The first-order chi connectivity index (χ1) is 4.11. The average molecular weight is 146 g/mol. The average Bonchev–Trinajstić information content (AvgIpc) is 2.08. The molecule has 0 aromatic carbocycles. The molecule has 1 nitrogen and oxygen atoms in total. The number of rotatable bonds is 0. The van der Waals surface area contributed by atoms with Gasteiger partial charge in [0, 0.05) is 5.75 Å². The molecule has 1 saturated heterocycles. The van der Waals surface area contributed by atoms with Gasteiger partial charge < -0.3 is 4.18 Å². The predicted molar refractivity (Wildman–Crippen MR) is 41.4 cm³/mol. The van der Waals surface area contributed by atoms with E-state index in [4.69, 9.17) is 4.18 Å². The molecule has 1 atom stereocenters. The van der Waals surface area contributed by atoms with Gasteiger partial charge in [0.2, 0.25) is 0 Å². The van der Waals surface area contributed by atoms with Gasteiger partial charge in [-0.3, -0.25) is 0 Å². The molecule has 2 heteroatoms. The van der Waals surface area contributed by atoms with Crippen LogP contribution in [-0.2, 0) is 4.18 Å². The third-order valence-electron chi connectivity index (χ3n) is 1.85. The molecule has 0 aromatic rings. The van der Waals surface area contributed by atoms with Crippen LogP contribution in [0, 0.1) is 11.3 Å². The molecule has 1 rings (SSSR count). The number of hydrogen-bond donors (Lipinski definition) is 0. The first kappa shape index (κ1) is 7.42. The second-order valence-electron chi connectivity index (χ2n) is 3.63. The van der Waals surface area contributed by atoms with Gasteiger partial charge in [0.05, 0.1) is 6.61 Å². The Morgan fingerprint density at radius 1 is 1.44 bits per heavy atom. The van der Waals surface area contributed by atoms with Gasteiger partial charge in [0.1, 0.15) is 0 Å². The van der Waals surface area contributed by atoms with E-state index < -0.39 is 0 Å². The zero-order valence-corrected chi connectivity index (χ0v) is 7.12. The molecule has 1 unspecified atom stereocenters. The second-order valence-corrected chi connectivity index (χ2v) is 4.44. The van der Waals surface area contributed by atoms with Crippen LogP contribution in [0.3, 0.4) is 0 Å². The fourth-order valence-electron chi connectivity index (χ4n) is 0.809. The molecule has 0 aliphatic carbocycles. The van der Waals surface area contributed by atoms with Crippen LogP contribution in [0.4, 0.5) is 0 Å². The van der Waals surface area contributed by atoms with Crippen LogP contribution in [0.15, 0.2) is 0 Å². The van der Waals surface area contributed by atoms with Crippen molar-refractivity contribution < 1.29 is 4.18 Å². The lowest BCUT2D eigenvalue weighted by Crippen LogP contribution is -2.22. The topological polar surface area (TPSA) is 9.23 Å². The van der Waals surface area contributed by atoms with Crippen molar-refractivity contribution in [3.63, 3.8) is 0 Å². The lowest BCUT2D eigenvalue weighted by Gasteiger charge is -2.23. The van der Waals surface area contributed by atoms with Crippen LogP contribution in [0.25, 0.3) is 0 Å². The van der Waals surface area contributed by atoms with E-state index in [0.29, 0.717) is 5.41 Å². The fraction of sp³-hybridized carbons (Fsp3) is 1.00. The zero-order chi connectivity index (χ0) is 6.91. The van der Waals surface area contributed by atoms with E-state index in [0.717, 1.165) is 12.5 Å². The zero-order valence-electron chi connectivity index (χ0n) is 6.31. The van der Waals surface area contributed by atoms with E-state index in [1.165, 1.54) is 5.75 Å². The molecule has 1 aliphatic rings. The summed E-state index contributed by atoms with van der Waals surface area (Å²) in [5.41, 5.74) is 0.434. The normalized spacial score (nSPS) is 29.0. The summed E-state index contributed by atoms with van der Waals surface area (Å²) in [4.78, 5) is 0. The minimum Gasteiger partial charge on any atom is -0.315 e. The molecule has 0 spiro atoms. The summed E-state index contributed by atoms with van der Waals surface area (Å²) in [5.74, 6) is 1.92. The maximum absolute atomic E-state index is 5.20. The molecular formula is C7H14OS. The molecule has 54 valence electrons. The Labute approximate surface area is 61.4 Å². The number of hydrogen-bond acceptors (Lipinski definition) is 2. The van der Waals surface area contributed by atoms with Crippen LogP contribution in [0.1, 0.15) is 20.8 Å². The molecule has 0 amide bonds. The molecule has 0 aromatic heterocycles. The Kier molecular flexibility index (Phi) is 2.07. The van der Waals surface area contributed by atoms with E-state index in [1.54, 1.807) is 12.0 Å². The Balaban J connectivity index is 2.42. The Hall–Kier alpha value is 0.310. The van der Waals surface area contributed by atoms with Crippen LogP contribution in [-0.4, -0.2) is 12.4 Å². The monoisotopic (exact) mass is 146 g/mol. The third kappa shape index (κ3) is 1.87. The molecule has 1 aliphatic heterocycles. The molecule has 9 heavy (non-hydrogen) atoms. The largest absolute Gasteiger partial charge is 0.315 e. The first-order valence-corrected chi connectivity index (χ1v) is 4.26. The van der Waals surface area contributed by atoms with Crippen molar-refractivity contribution >= 4 is 12.0 Å². The van der Waals surface area contributed by atoms with Crippen molar-refractivity contribution in [1.82, 2.24) is 0 Å². The molecule has 1 fully saturated rings. The maximum Gasteiger partial charge on any atom is 0.0655 e. The van der Waals surface area contributed by atoms with E-state index in [2.05, 4.69) is 20.8 Å². The summed E-state index contributed by atoms with van der Waals surface area (Å²) >= 11 is 1.61. The SMILES string of the molecule is CC(C)(C)C1COSC1. The van der Waals surface area contributed by atoms with Gasteiger partial charge in [-0.2, -0.15) is 0 Å². The quantitative estimate of drug-likeness (QED) is 0.485. The van der Waals surface area contributed by atoms with E-state index in [1.807, 2.05) is 0 Å². The lowest BCUT2D eigenvalue weighted by molar-refractivity contribution is 0.208. The van der Waals surface area contributed by atoms with Gasteiger partial charge in [0.15, 0.2) is 0 Å². The fourth-order valence-corrected chi connectivity index (χ4v) is 1.93. The van der Waals surface area contributed by atoms with Gasteiger partial charge in [0.25, 0.3) is 0 Å². The predicted octanol–water partition coefficient (Wildman–Crippen LogP) is 2.33. The third-order valence-corrected chi connectivity index (χ3v) is 2.69. The molecule has 1 heterocycles. The Morgan fingerprint density at radius 3 is 2.33 bits per heavy atom. The molecule has 0 bridgehead atoms. The van der Waals surface area contributed by atoms with Crippen molar-refractivity contribution in [2.45, 2.75) is 20.8 Å².